The van der Waals surface area contributed by atoms with E-state index in [4.69, 9.17) is 0 Å². The maximum Gasteiger partial charge on any atom is 0.0572 e. The van der Waals surface area contributed by atoms with Crippen molar-refractivity contribution in [1.29, 1.82) is 0 Å². The fourth-order valence-electron chi connectivity index (χ4n) is 2.59. The molecule has 2 heterocycles. The molecule has 20 heavy (non-hydrogen) atoms. The van der Waals surface area contributed by atoms with Crippen LogP contribution in [0.5, 0.6) is 0 Å². The first kappa shape index (κ1) is 15.3. The molecular formula is C16H28N4. The molecular weight excluding hydrogens is 248 g/mol. The van der Waals surface area contributed by atoms with Gasteiger partial charge >= 0.3 is 0 Å². The number of hydrogen-bond donors (Lipinski definition) is 1. The summed E-state index contributed by atoms with van der Waals surface area (Å²) in [7, 11) is 2.20. The zero-order chi connectivity index (χ0) is 14.5. The number of nitrogens with one attached hydrogen (secondary N) is 1. The summed E-state index contributed by atoms with van der Waals surface area (Å²) in [6.07, 6.45) is 3.18. The van der Waals surface area contributed by atoms with Gasteiger partial charge in [-0.3, -0.25) is 4.98 Å². The molecule has 1 saturated heterocycles. The van der Waals surface area contributed by atoms with E-state index in [1.165, 1.54) is 5.69 Å². The van der Waals surface area contributed by atoms with Crippen molar-refractivity contribution in [1.82, 2.24) is 15.2 Å². The Labute approximate surface area is 123 Å². The summed E-state index contributed by atoms with van der Waals surface area (Å²) in [5.74, 6) is 0. The van der Waals surface area contributed by atoms with Gasteiger partial charge < -0.3 is 15.1 Å². The molecule has 0 radical (unpaired) electrons. The third kappa shape index (κ3) is 3.70. The minimum absolute atomic E-state index is 0.329. The maximum absolute atomic E-state index is 4.63. The van der Waals surface area contributed by atoms with Crippen molar-refractivity contribution in [3.05, 3.63) is 24.0 Å². The van der Waals surface area contributed by atoms with Crippen LogP contribution >= 0.6 is 0 Å². The number of likely N-dealkylation sites (N-methyl/N-ethyl adjacent to an activating group) is 1. The van der Waals surface area contributed by atoms with Gasteiger partial charge in [-0.05, 0) is 46.0 Å². The molecule has 112 valence electrons. The third-order valence-corrected chi connectivity index (χ3v) is 4.24. The summed E-state index contributed by atoms with van der Waals surface area (Å²) in [5.41, 5.74) is 2.38. The third-order valence-electron chi connectivity index (χ3n) is 4.24. The molecule has 1 aromatic rings. The second-order valence-electron chi connectivity index (χ2n) is 5.89. The van der Waals surface area contributed by atoms with Crippen LogP contribution in [-0.2, 0) is 0 Å². The molecule has 0 spiro atoms. The van der Waals surface area contributed by atoms with E-state index in [2.05, 4.69) is 60.1 Å². The smallest absolute Gasteiger partial charge is 0.0572 e. The van der Waals surface area contributed by atoms with Crippen molar-refractivity contribution >= 4 is 5.69 Å². The van der Waals surface area contributed by atoms with Crippen LogP contribution < -0.4 is 10.2 Å². The Kier molecular flexibility index (Phi) is 5.38. The number of anilines is 1. The lowest BCUT2D eigenvalue weighted by Gasteiger charge is -2.38. The van der Waals surface area contributed by atoms with Crippen LogP contribution in [0.2, 0.25) is 0 Å². The normalized spacial score (nSPS) is 22.0. The molecule has 0 bridgehead atoms. The van der Waals surface area contributed by atoms with Crippen molar-refractivity contribution in [2.75, 3.05) is 38.1 Å². The van der Waals surface area contributed by atoms with Gasteiger partial charge in [-0.15, -0.1) is 0 Å². The Morgan fingerprint density at radius 1 is 1.40 bits per heavy atom. The lowest BCUT2D eigenvalue weighted by molar-refractivity contribution is 0.234. The lowest BCUT2D eigenvalue weighted by Crippen LogP contribution is -2.50. The summed E-state index contributed by atoms with van der Waals surface area (Å²) in [6, 6.07) is 5.31. The van der Waals surface area contributed by atoms with Gasteiger partial charge in [-0.25, -0.2) is 0 Å². The van der Waals surface area contributed by atoms with E-state index in [-0.39, 0.29) is 0 Å². The van der Waals surface area contributed by atoms with Gasteiger partial charge in [-0.1, -0.05) is 6.92 Å². The fourth-order valence-corrected chi connectivity index (χ4v) is 2.59. The van der Waals surface area contributed by atoms with Crippen molar-refractivity contribution < 1.29 is 0 Å². The van der Waals surface area contributed by atoms with E-state index in [0.717, 1.165) is 38.3 Å². The first-order valence-corrected chi connectivity index (χ1v) is 7.76. The molecule has 0 aromatic carbocycles. The largest absolute Gasteiger partial charge is 0.367 e. The van der Waals surface area contributed by atoms with E-state index in [9.17, 15) is 0 Å². The first-order chi connectivity index (χ1) is 9.61. The SMILES string of the molecule is CCCNC(C)c1ccc(N2CCN(C)C(C)C2)cn1. The van der Waals surface area contributed by atoms with Crippen LogP contribution in [0.3, 0.4) is 0 Å². The summed E-state index contributed by atoms with van der Waals surface area (Å²) in [4.78, 5) is 9.48. The maximum atomic E-state index is 4.63. The molecule has 1 aromatic heterocycles. The topological polar surface area (TPSA) is 31.4 Å². The predicted octanol–water partition coefficient (Wildman–Crippen LogP) is 2.28. The molecule has 1 aliphatic rings. The monoisotopic (exact) mass is 276 g/mol. The van der Waals surface area contributed by atoms with E-state index >= 15 is 0 Å². The summed E-state index contributed by atoms with van der Waals surface area (Å²) in [6.45, 7) is 11.0. The molecule has 0 saturated carbocycles. The van der Waals surface area contributed by atoms with Crippen LogP contribution in [0.4, 0.5) is 5.69 Å². The zero-order valence-corrected chi connectivity index (χ0v) is 13.3. The van der Waals surface area contributed by atoms with Gasteiger partial charge in [0.05, 0.1) is 17.6 Å². The quantitative estimate of drug-likeness (QED) is 0.894. The highest BCUT2D eigenvalue weighted by Gasteiger charge is 2.21. The molecule has 1 fully saturated rings. The standard InChI is InChI=1S/C16H28N4/c1-5-8-17-14(3)16-7-6-15(11-18-16)20-10-9-19(4)13(2)12-20/h6-7,11,13-14,17H,5,8-10,12H2,1-4H3. The highest BCUT2D eigenvalue weighted by atomic mass is 15.3. The van der Waals surface area contributed by atoms with Gasteiger partial charge in [0.2, 0.25) is 0 Å². The highest BCUT2D eigenvalue weighted by Crippen LogP contribution is 2.19. The van der Waals surface area contributed by atoms with Crippen LogP contribution in [0.1, 0.15) is 38.9 Å². The van der Waals surface area contributed by atoms with E-state index in [1.807, 2.05) is 6.20 Å². The first-order valence-electron chi connectivity index (χ1n) is 7.76. The van der Waals surface area contributed by atoms with E-state index in [1.54, 1.807) is 0 Å². The van der Waals surface area contributed by atoms with Gasteiger partial charge in [0, 0.05) is 31.7 Å². The van der Waals surface area contributed by atoms with Crippen molar-refractivity contribution in [2.24, 2.45) is 0 Å². The number of nitrogens with zero attached hydrogens (tertiary/aromatic N) is 3. The Morgan fingerprint density at radius 2 is 2.20 bits per heavy atom. The predicted molar refractivity (Wildman–Crippen MR) is 85.3 cm³/mol. The Morgan fingerprint density at radius 3 is 2.80 bits per heavy atom. The average Bonchev–Trinajstić information content (AvgIpc) is 2.48. The van der Waals surface area contributed by atoms with Gasteiger partial charge in [-0.2, -0.15) is 0 Å². The summed E-state index contributed by atoms with van der Waals surface area (Å²) in [5, 5.41) is 3.48. The number of rotatable bonds is 5. The van der Waals surface area contributed by atoms with Crippen LogP contribution in [-0.4, -0.2) is 49.2 Å². The number of pyridine rings is 1. The van der Waals surface area contributed by atoms with Crippen LogP contribution in [0.25, 0.3) is 0 Å². The molecule has 0 aliphatic carbocycles. The average molecular weight is 276 g/mol. The minimum atomic E-state index is 0.329. The molecule has 2 unspecified atom stereocenters. The van der Waals surface area contributed by atoms with Crippen molar-refractivity contribution in [3.8, 4) is 0 Å². The zero-order valence-electron chi connectivity index (χ0n) is 13.3. The Balaban J connectivity index is 1.97. The van der Waals surface area contributed by atoms with Crippen molar-refractivity contribution in [2.45, 2.75) is 39.3 Å². The number of aromatic nitrogens is 1. The van der Waals surface area contributed by atoms with Gasteiger partial charge in [0.25, 0.3) is 0 Å². The van der Waals surface area contributed by atoms with E-state index in [0.29, 0.717) is 12.1 Å². The summed E-state index contributed by atoms with van der Waals surface area (Å²) < 4.78 is 0. The Bertz CT molecular complexity index is 403. The molecule has 2 rings (SSSR count). The number of piperazine rings is 1. The van der Waals surface area contributed by atoms with Gasteiger partial charge in [0.15, 0.2) is 0 Å². The fraction of sp³-hybridized carbons (Fsp3) is 0.688. The van der Waals surface area contributed by atoms with E-state index < -0.39 is 0 Å². The second kappa shape index (κ2) is 7.04. The number of hydrogen-bond acceptors (Lipinski definition) is 4. The molecule has 2 atom stereocenters. The van der Waals surface area contributed by atoms with Crippen LogP contribution in [0, 0.1) is 0 Å². The molecule has 0 amide bonds. The summed E-state index contributed by atoms with van der Waals surface area (Å²) >= 11 is 0. The van der Waals surface area contributed by atoms with Gasteiger partial charge in [0.1, 0.15) is 0 Å². The molecule has 4 nitrogen and oxygen atoms in total. The molecule has 1 aliphatic heterocycles. The second-order valence-corrected chi connectivity index (χ2v) is 5.89. The Hall–Kier alpha value is -1.13. The lowest BCUT2D eigenvalue weighted by atomic mass is 10.1. The van der Waals surface area contributed by atoms with Crippen molar-refractivity contribution in [3.63, 3.8) is 0 Å². The highest BCUT2D eigenvalue weighted by molar-refractivity contribution is 5.45. The molecule has 1 N–H and O–H groups in total. The van der Waals surface area contributed by atoms with Crippen LogP contribution in [0.15, 0.2) is 18.3 Å². The molecule has 4 heteroatoms. The minimum Gasteiger partial charge on any atom is -0.367 e.